The van der Waals surface area contributed by atoms with Gasteiger partial charge in [0.05, 0.1) is 36.2 Å². The van der Waals surface area contributed by atoms with Crippen LogP contribution in [-0.2, 0) is 18.9 Å². The van der Waals surface area contributed by atoms with E-state index in [-0.39, 0.29) is 29.1 Å². The Kier molecular flexibility index (Phi) is 6.91. The number of halogens is 7. The predicted octanol–water partition coefficient (Wildman–Crippen LogP) is 7.25. The third-order valence-corrected chi connectivity index (χ3v) is 6.83. The molecule has 0 spiro atoms. The molecule has 1 saturated heterocycles. The van der Waals surface area contributed by atoms with E-state index in [1.165, 1.54) is 18.6 Å². The van der Waals surface area contributed by atoms with Crippen molar-refractivity contribution in [2.24, 2.45) is 0 Å². The lowest BCUT2D eigenvalue weighted by Crippen LogP contribution is -2.31. The number of alkyl halides is 6. The largest absolute Gasteiger partial charge is 0.472 e. The summed E-state index contributed by atoms with van der Waals surface area (Å²) in [7, 11) is 0. The minimum Gasteiger partial charge on any atom is -0.472 e. The first-order chi connectivity index (χ1) is 18.4. The summed E-state index contributed by atoms with van der Waals surface area (Å²) in [4.78, 5) is 15.3. The molecule has 1 fully saturated rings. The first kappa shape index (κ1) is 26.8. The van der Waals surface area contributed by atoms with Crippen LogP contribution in [0.4, 0.5) is 26.3 Å². The van der Waals surface area contributed by atoms with E-state index in [9.17, 15) is 31.1 Å². The molecule has 0 aliphatic carbocycles. The van der Waals surface area contributed by atoms with E-state index in [2.05, 4.69) is 10.3 Å². The second kappa shape index (κ2) is 10.1. The molecular formula is C26H19ClF6N4O2. The summed E-state index contributed by atoms with van der Waals surface area (Å²) in [5.41, 5.74) is -2.14. The maximum atomic E-state index is 13.7. The van der Waals surface area contributed by atoms with Gasteiger partial charge in [-0.25, -0.2) is 4.68 Å². The zero-order valence-electron chi connectivity index (χ0n) is 19.9. The predicted molar refractivity (Wildman–Crippen MR) is 128 cm³/mol. The number of carbonyl (C=O) groups is 1. The average molecular weight is 569 g/mol. The zero-order chi connectivity index (χ0) is 27.9. The molecule has 1 atom stereocenters. The molecule has 3 heterocycles. The summed E-state index contributed by atoms with van der Waals surface area (Å²) in [5, 5.41) is 8.45. The number of hydrogen-bond donors (Lipinski definition) is 0. The van der Waals surface area contributed by atoms with E-state index in [4.69, 9.17) is 16.0 Å². The smallest absolute Gasteiger partial charge is 0.416 e. The van der Waals surface area contributed by atoms with Crippen molar-refractivity contribution in [3.63, 3.8) is 0 Å². The van der Waals surface area contributed by atoms with Crippen LogP contribution in [0, 0.1) is 0 Å². The summed E-state index contributed by atoms with van der Waals surface area (Å²) in [6, 6.07) is 9.55. The van der Waals surface area contributed by atoms with E-state index < -0.39 is 35.9 Å². The Morgan fingerprint density at radius 2 is 1.72 bits per heavy atom. The third kappa shape index (κ3) is 5.38. The second-order valence-electron chi connectivity index (χ2n) is 9.05. The highest BCUT2D eigenvalue weighted by Gasteiger charge is 2.38. The highest BCUT2D eigenvalue weighted by atomic mass is 35.5. The molecule has 204 valence electrons. The van der Waals surface area contributed by atoms with E-state index in [1.54, 1.807) is 23.1 Å². The van der Waals surface area contributed by atoms with Gasteiger partial charge >= 0.3 is 12.4 Å². The van der Waals surface area contributed by atoms with Crippen molar-refractivity contribution >= 4 is 17.5 Å². The highest BCUT2D eigenvalue weighted by Crippen LogP contribution is 2.39. The minimum absolute atomic E-state index is 0.0546. The van der Waals surface area contributed by atoms with E-state index in [0.29, 0.717) is 42.1 Å². The molecule has 0 N–H and O–H groups in total. The number of benzene rings is 2. The molecule has 4 aromatic rings. The Balaban J connectivity index is 1.55. The highest BCUT2D eigenvalue weighted by molar-refractivity contribution is 6.31. The van der Waals surface area contributed by atoms with Gasteiger partial charge in [-0.3, -0.25) is 4.79 Å². The number of carbonyl (C=O) groups excluding carboxylic acids is 1. The number of aromatic nitrogens is 3. The number of hydrogen-bond acceptors (Lipinski definition) is 4. The van der Waals surface area contributed by atoms with Gasteiger partial charge in [0.2, 0.25) is 0 Å². The molecule has 39 heavy (non-hydrogen) atoms. The fourth-order valence-electron chi connectivity index (χ4n) is 4.75. The van der Waals surface area contributed by atoms with Gasteiger partial charge in [-0.2, -0.15) is 26.3 Å². The lowest BCUT2D eigenvalue weighted by molar-refractivity contribution is -0.143. The fourth-order valence-corrected chi connectivity index (χ4v) is 5.01. The lowest BCUT2D eigenvalue weighted by atomic mass is 10.0. The molecule has 6 nitrogen and oxygen atoms in total. The maximum absolute atomic E-state index is 13.7. The second-order valence-corrected chi connectivity index (χ2v) is 9.46. The first-order valence-electron chi connectivity index (χ1n) is 11.7. The molecule has 13 heteroatoms. The van der Waals surface area contributed by atoms with Crippen LogP contribution >= 0.6 is 11.6 Å². The molecule has 1 unspecified atom stereocenters. The summed E-state index contributed by atoms with van der Waals surface area (Å²) >= 11 is 6.37. The number of nitrogens with zero attached hydrogens (tertiary/aromatic N) is 4. The van der Waals surface area contributed by atoms with Crippen LogP contribution in [0.15, 0.2) is 65.5 Å². The minimum atomic E-state index is -5.00. The summed E-state index contributed by atoms with van der Waals surface area (Å²) < 4.78 is 86.6. The van der Waals surface area contributed by atoms with Gasteiger partial charge in [0, 0.05) is 17.1 Å². The average Bonchev–Trinajstić information content (AvgIpc) is 3.63. The van der Waals surface area contributed by atoms with E-state index in [1.807, 2.05) is 6.07 Å². The normalized spacial score (nSPS) is 16.2. The maximum Gasteiger partial charge on any atom is 0.416 e. The van der Waals surface area contributed by atoms with E-state index >= 15 is 0 Å². The Labute approximate surface area is 222 Å². The van der Waals surface area contributed by atoms with Crippen LogP contribution in [0.5, 0.6) is 0 Å². The Bertz CT molecular complexity index is 1460. The molecular weight excluding hydrogens is 550 g/mol. The number of rotatable bonds is 5. The van der Waals surface area contributed by atoms with Gasteiger partial charge in [0.1, 0.15) is 5.69 Å². The SMILES string of the molecule is O=C(c1nnn(Cc2cc(C(F)(F)F)cc(C(F)(F)F)c2)c1-c1ccoc1)N1CCCC1c1ccccc1Cl. The van der Waals surface area contributed by atoms with Crippen LogP contribution in [-0.4, -0.2) is 32.3 Å². The van der Waals surface area contributed by atoms with Crippen molar-refractivity contribution in [3.05, 3.63) is 94.0 Å². The van der Waals surface area contributed by atoms with Gasteiger partial charge in [-0.05, 0) is 54.3 Å². The van der Waals surface area contributed by atoms with Crippen molar-refractivity contribution in [2.45, 2.75) is 37.8 Å². The van der Waals surface area contributed by atoms with Gasteiger partial charge in [-0.15, -0.1) is 5.10 Å². The van der Waals surface area contributed by atoms with Crippen LogP contribution in [0.2, 0.25) is 5.02 Å². The number of likely N-dealkylation sites (tertiary alicyclic amines) is 1. The van der Waals surface area contributed by atoms with Crippen molar-refractivity contribution in [1.82, 2.24) is 19.9 Å². The molecule has 1 amide bonds. The van der Waals surface area contributed by atoms with Gasteiger partial charge in [-0.1, -0.05) is 35.0 Å². The topological polar surface area (TPSA) is 64.2 Å². The van der Waals surface area contributed by atoms with Gasteiger partial charge < -0.3 is 9.32 Å². The summed E-state index contributed by atoms with van der Waals surface area (Å²) in [6.45, 7) is -0.114. The molecule has 0 radical (unpaired) electrons. The molecule has 2 aromatic carbocycles. The standard InChI is InChI=1S/C26H19ClF6N4O2/c27-20-5-2-1-4-19(20)21-6-3-8-36(21)24(38)22-23(16-7-9-39-14-16)37(35-34-22)13-15-10-17(25(28,29)30)12-18(11-15)26(31,32)33/h1-2,4-5,7,9-12,14,21H,3,6,8,13H2. The van der Waals surface area contributed by atoms with Crippen molar-refractivity contribution in [1.29, 1.82) is 0 Å². The van der Waals surface area contributed by atoms with Gasteiger partial charge in [0.15, 0.2) is 5.69 Å². The van der Waals surface area contributed by atoms with E-state index in [0.717, 1.165) is 10.2 Å². The molecule has 1 aliphatic heterocycles. The van der Waals surface area contributed by atoms with Crippen LogP contribution in [0.1, 0.15) is 51.6 Å². The summed E-state index contributed by atoms with van der Waals surface area (Å²) in [6.07, 6.45) is -6.06. The van der Waals surface area contributed by atoms with Crippen molar-refractivity contribution in [2.75, 3.05) is 6.54 Å². The molecule has 0 bridgehead atoms. The van der Waals surface area contributed by atoms with Crippen LogP contribution in [0.3, 0.4) is 0 Å². The lowest BCUT2D eigenvalue weighted by Gasteiger charge is -2.25. The Hall–Kier alpha value is -3.80. The summed E-state index contributed by atoms with van der Waals surface area (Å²) in [5.74, 6) is -0.500. The fraction of sp³-hybridized carbons (Fsp3) is 0.269. The first-order valence-corrected chi connectivity index (χ1v) is 12.1. The quantitative estimate of drug-likeness (QED) is 0.238. The third-order valence-electron chi connectivity index (χ3n) is 6.49. The zero-order valence-corrected chi connectivity index (χ0v) is 20.7. The monoisotopic (exact) mass is 568 g/mol. The van der Waals surface area contributed by atoms with Gasteiger partial charge in [0.25, 0.3) is 5.91 Å². The number of furan rings is 1. The van der Waals surface area contributed by atoms with Crippen LogP contribution in [0.25, 0.3) is 11.3 Å². The molecule has 2 aromatic heterocycles. The van der Waals surface area contributed by atoms with Crippen molar-refractivity contribution < 1.29 is 35.6 Å². The van der Waals surface area contributed by atoms with Crippen molar-refractivity contribution in [3.8, 4) is 11.3 Å². The Morgan fingerprint density at radius 1 is 1.03 bits per heavy atom. The Morgan fingerprint density at radius 3 is 2.33 bits per heavy atom. The number of amides is 1. The molecule has 5 rings (SSSR count). The molecule has 1 aliphatic rings. The van der Waals surface area contributed by atoms with Crippen LogP contribution < -0.4 is 0 Å². The molecule has 0 saturated carbocycles.